The summed E-state index contributed by atoms with van der Waals surface area (Å²) in [5.74, 6) is 0.583. The van der Waals surface area contributed by atoms with Gasteiger partial charge in [-0.2, -0.15) is 5.10 Å². The predicted octanol–water partition coefficient (Wildman–Crippen LogP) is 4.93. The Hall–Kier alpha value is -3.10. The molecule has 1 saturated heterocycles. The first-order chi connectivity index (χ1) is 17.4. The maximum atomic E-state index is 13.5. The van der Waals surface area contributed by atoms with Gasteiger partial charge < -0.3 is 10.6 Å². The minimum Gasteiger partial charge on any atom is -0.384 e. The standard InChI is InChI=1S/C28H35N5O2S/c1-3-21(22-11-13-24(14-12-22)32-15-7-8-16-32)17-26-27(23-18-30-31(2)19-23)20-33(28(26)29)36(34,35)25-9-5-4-6-10-25/h3-6,9-10,17-20,22,24H,1,7-8,11-16,29H2,2H3/b21-17+. The van der Waals surface area contributed by atoms with Crippen LogP contribution >= 0.6 is 0 Å². The van der Waals surface area contributed by atoms with Gasteiger partial charge in [0.2, 0.25) is 0 Å². The molecule has 36 heavy (non-hydrogen) atoms. The maximum absolute atomic E-state index is 13.5. The van der Waals surface area contributed by atoms with Crippen molar-refractivity contribution in [1.29, 1.82) is 0 Å². The smallest absolute Gasteiger partial charge is 0.269 e. The van der Waals surface area contributed by atoms with Crippen molar-refractivity contribution in [3.63, 3.8) is 0 Å². The van der Waals surface area contributed by atoms with Crippen LogP contribution in [0.5, 0.6) is 0 Å². The molecule has 0 bridgehead atoms. The fraction of sp³-hybridized carbons (Fsp3) is 0.393. The summed E-state index contributed by atoms with van der Waals surface area (Å²) in [6, 6.07) is 9.07. The molecule has 1 aliphatic heterocycles. The van der Waals surface area contributed by atoms with Gasteiger partial charge in [0.1, 0.15) is 5.82 Å². The summed E-state index contributed by atoms with van der Waals surface area (Å²) in [5.41, 5.74) is 9.95. The van der Waals surface area contributed by atoms with Crippen molar-refractivity contribution in [2.24, 2.45) is 13.0 Å². The molecule has 1 saturated carbocycles. The first-order valence-corrected chi connectivity index (χ1v) is 14.2. The van der Waals surface area contributed by atoms with Crippen LogP contribution in [0, 0.1) is 5.92 Å². The van der Waals surface area contributed by atoms with Gasteiger partial charge in [0.25, 0.3) is 10.0 Å². The molecular formula is C28H35N5O2S. The minimum absolute atomic E-state index is 0.197. The van der Waals surface area contributed by atoms with Gasteiger partial charge in [-0.05, 0) is 81.3 Å². The second-order valence-electron chi connectivity index (χ2n) is 9.96. The molecule has 3 aromatic rings. The molecule has 2 aromatic heterocycles. The molecule has 5 rings (SSSR count). The number of rotatable bonds is 7. The van der Waals surface area contributed by atoms with E-state index < -0.39 is 10.0 Å². The highest BCUT2D eigenvalue weighted by Gasteiger charge is 2.29. The van der Waals surface area contributed by atoms with Crippen molar-refractivity contribution >= 4 is 21.9 Å². The van der Waals surface area contributed by atoms with Crippen molar-refractivity contribution in [3.05, 3.63) is 72.7 Å². The summed E-state index contributed by atoms with van der Waals surface area (Å²) >= 11 is 0. The normalized spacial score (nSPS) is 21.6. The lowest BCUT2D eigenvalue weighted by Crippen LogP contribution is -2.36. The highest BCUT2D eigenvalue weighted by Crippen LogP contribution is 2.38. The quantitative estimate of drug-likeness (QED) is 0.460. The van der Waals surface area contributed by atoms with E-state index in [4.69, 9.17) is 5.73 Å². The van der Waals surface area contributed by atoms with Crippen molar-refractivity contribution in [2.45, 2.75) is 49.5 Å². The summed E-state index contributed by atoms with van der Waals surface area (Å²) < 4.78 is 29.9. The molecular weight excluding hydrogens is 470 g/mol. The van der Waals surface area contributed by atoms with Crippen molar-refractivity contribution in [2.75, 3.05) is 18.8 Å². The minimum atomic E-state index is -3.85. The maximum Gasteiger partial charge on any atom is 0.269 e. The number of aromatic nitrogens is 3. The van der Waals surface area contributed by atoms with Gasteiger partial charge in [-0.15, -0.1) is 0 Å². The molecule has 7 nitrogen and oxygen atoms in total. The van der Waals surface area contributed by atoms with Crippen LogP contribution in [-0.4, -0.2) is 46.2 Å². The third-order valence-corrected chi connectivity index (χ3v) is 9.43. The van der Waals surface area contributed by atoms with Crippen LogP contribution in [0.2, 0.25) is 0 Å². The van der Waals surface area contributed by atoms with E-state index in [0.717, 1.165) is 29.5 Å². The SMILES string of the molecule is C=C/C(=C\c1c(-c2cnn(C)c2)cn(S(=O)(=O)c2ccccc2)c1N)C1CCC(N2CCCC2)CC1. The van der Waals surface area contributed by atoms with Gasteiger partial charge in [0.15, 0.2) is 0 Å². The number of allylic oxidation sites excluding steroid dienone is 2. The summed E-state index contributed by atoms with van der Waals surface area (Å²) in [6.45, 7) is 6.57. The monoisotopic (exact) mass is 505 g/mol. The molecule has 8 heteroatoms. The van der Waals surface area contributed by atoms with E-state index in [-0.39, 0.29) is 10.7 Å². The molecule has 1 aromatic carbocycles. The van der Waals surface area contributed by atoms with E-state index in [2.05, 4.69) is 16.6 Å². The van der Waals surface area contributed by atoms with E-state index in [1.54, 1.807) is 47.4 Å². The van der Waals surface area contributed by atoms with E-state index in [1.165, 1.54) is 42.7 Å². The Bertz CT molecular complexity index is 1360. The Morgan fingerprint density at radius 2 is 1.78 bits per heavy atom. The molecule has 2 fully saturated rings. The van der Waals surface area contributed by atoms with Crippen LogP contribution in [0.1, 0.15) is 44.1 Å². The first kappa shape index (κ1) is 24.6. The zero-order chi connectivity index (χ0) is 25.3. The fourth-order valence-electron chi connectivity index (χ4n) is 5.75. The third-order valence-electron chi connectivity index (χ3n) is 7.74. The van der Waals surface area contributed by atoms with Gasteiger partial charge in [-0.1, -0.05) is 30.9 Å². The van der Waals surface area contributed by atoms with E-state index in [0.29, 0.717) is 17.5 Å². The Morgan fingerprint density at radius 1 is 1.08 bits per heavy atom. The predicted molar refractivity (Wildman–Crippen MR) is 145 cm³/mol. The van der Waals surface area contributed by atoms with Crippen LogP contribution in [0.25, 0.3) is 17.2 Å². The van der Waals surface area contributed by atoms with Gasteiger partial charge in [0.05, 0.1) is 11.1 Å². The van der Waals surface area contributed by atoms with Crippen LogP contribution in [0.15, 0.2) is 72.0 Å². The highest BCUT2D eigenvalue weighted by atomic mass is 32.2. The van der Waals surface area contributed by atoms with E-state index in [1.807, 2.05) is 25.4 Å². The Labute approximate surface area is 214 Å². The average molecular weight is 506 g/mol. The summed E-state index contributed by atoms with van der Waals surface area (Å²) in [5, 5.41) is 4.30. The number of hydrogen-bond donors (Lipinski definition) is 1. The van der Waals surface area contributed by atoms with Crippen LogP contribution < -0.4 is 5.73 Å². The number of nitrogens with two attached hydrogens (primary N) is 1. The van der Waals surface area contributed by atoms with Crippen LogP contribution in [0.4, 0.5) is 5.82 Å². The molecule has 0 spiro atoms. The topological polar surface area (TPSA) is 86.1 Å². The fourth-order valence-corrected chi connectivity index (χ4v) is 7.08. The largest absolute Gasteiger partial charge is 0.384 e. The lowest BCUT2D eigenvalue weighted by atomic mass is 9.80. The molecule has 2 N–H and O–H groups in total. The molecule has 2 aliphatic rings. The lowest BCUT2D eigenvalue weighted by Gasteiger charge is -2.35. The second-order valence-corrected chi connectivity index (χ2v) is 11.8. The highest BCUT2D eigenvalue weighted by molar-refractivity contribution is 7.90. The number of nitrogen functional groups attached to an aromatic ring is 1. The van der Waals surface area contributed by atoms with Crippen molar-refractivity contribution in [3.8, 4) is 11.1 Å². The molecule has 0 radical (unpaired) electrons. The molecule has 0 unspecified atom stereocenters. The van der Waals surface area contributed by atoms with E-state index in [9.17, 15) is 8.42 Å². The average Bonchev–Trinajstić information content (AvgIpc) is 3.64. The summed E-state index contributed by atoms with van der Waals surface area (Å²) in [7, 11) is -2.01. The van der Waals surface area contributed by atoms with Crippen molar-refractivity contribution < 1.29 is 8.42 Å². The van der Waals surface area contributed by atoms with Gasteiger partial charge >= 0.3 is 0 Å². The number of aryl methyl sites for hydroxylation is 1. The summed E-state index contributed by atoms with van der Waals surface area (Å²) in [6.07, 6.45) is 16.4. The number of nitrogens with zero attached hydrogens (tertiary/aromatic N) is 4. The lowest BCUT2D eigenvalue weighted by molar-refractivity contribution is 0.174. The summed E-state index contributed by atoms with van der Waals surface area (Å²) in [4.78, 5) is 2.85. The van der Waals surface area contributed by atoms with Crippen LogP contribution in [-0.2, 0) is 17.1 Å². The van der Waals surface area contributed by atoms with Crippen molar-refractivity contribution in [1.82, 2.24) is 18.7 Å². The molecule has 3 heterocycles. The Kier molecular flexibility index (Phi) is 6.90. The van der Waals surface area contributed by atoms with E-state index >= 15 is 0 Å². The molecule has 0 atom stereocenters. The van der Waals surface area contributed by atoms with Gasteiger partial charge in [-0.3, -0.25) is 4.68 Å². The van der Waals surface area contributed by atoms with Gasteiger partial charge in [0, 0.05) is 42.2 Å². The zero-order valence-electron chi connectivity index (χ0n) is 20.9. The number of hydrogen-bond acceptors (Lipinski definition) is 5. The Morgan fingerprint density at radius 3 is 2.39 bits per heavy atom. The Balaban J connectivity index is 1.52. The number of benzene rings is 1. The zero-order valence-corrected chi connectivity index (χ0v) is 21.7. The number of likely N-dealkylation sites (tertiary alicyclic amines) is 1. The molecule has 190 valence electrons. The third kappa shape index (κ3) is 4.67. The van der Waals surface area contributed by atoms with Crippen LogP contribution in [0.3, 0.4) is 0 Å². The van der Waals surface area contributed by atoms with Gasteiger partial charge in [-0.25, -0.2) is 12.4 Å². The molecule has 0 amide bonds. The second kappa shape index (κ2) is 10.1. The first-order valence-electron chi connectivity index (χ1n) is 12.8. The number of anilines is 1. The molecule has 1 aliphatic carbocycles.